The van der Waals surface area contributed by atoms with Gasteiger partial charge in [0.05, 0.1) is 5.02 Å². The summed E-state index contributed by atoms with van der Waals surface area (Å²) in [6, 6.07) is 10.8. The van der Waals surface area contributed by atoms with Gasteiger partial charge in [0.1, 0.15) is 5.82 Å². The van der Waals surface area contributed by atoms with Crippen LogP contribution in [0.3, 0.4) is 0 Å². The van der Waals surface area contributed by atoms with Crippen LogP contribution >= 0.6 is 35.0 Å². The van der Waals surface area contributed by atoms with Gasteiger partial charge in [-0.15, -0.1) is 0 Å². The summed E-state index contributed by atoms with van der Waals surface area (Å²) in [6.07, 6.45) is 0. The minimum Gasteiger partial charge on any atom is -0.310 e. The van der Waals surface area contributed by atoms with E-state index in [1.54, 1.807) is 30.3 Å². The highest BCUT2D eigenvalue weighted by Crippen LogP contribution is 2.36. The average molecular weight is 344 g/mol. The zero-order chi connectivity index (χ0) is 15.4. The molecule has 0 aliphatic heterocycles. The van der Waals surface area contributed by atoms with E-state index in [0.29, 0.717) is 27.5 Å². The molecule has 0 fully saturated rings. The predicted octanol–water partition coefficient (Wildman–Crippen LogP) is 5.78. The molecule has 0 amide bonds. The van der Waals surface area contributed by atoms with Gasteiger partial charge in [0.2, 0.25) is 0 Å². The zero-order valence-corrected chi connectivity index (χ0v) is 14.1. The third-order valence-corrected chi connectivity index (χ3v) is 4.61. The van der Waals surface area contributed by atoms with Crippen molar-refractivity contribution >= 4 is 35.0 Å². The van der Waals surface area contributed by atoms with E-state index in [1.807, 2.05) is 6.07 Å². The van der Waals surface area contributed by atoms with E-state index in [1.165, 1.54) is 11.8 Å². The molecule has 5 heteroatoms. The molecule has 0 aliphatic rings. The maximum atomic E-state index is 14.2. The third kappa shape index (κ3) is 4.89. The van der Waals surface area contributed by atoms with E-state index >= 15 is 0 Å². The Hall–Kier alpha value is -0.740. The highest BCUT2D eigenvalue weighted by atomic mass is 35.5. The van der Waals surface area contributed by atoms with E-state index < -0.39 is 0 Å². The number of halogens is 3. The fourth-order valence-electron chi connectivity index (χ4n) is 1.73. The molecule has 1 N–H and O–H groups in total. The third-order valence-electron chi connectivity index (χ3n) is 2.82. The Bertz CT molecular complexity index is 632. The minimum atomic E-state index is -0.251. The molecule has 0 bridgehead atoms. The summed E-state index contributed by atoms with van der Waals surface area (Å²) in [7, 11) is 0. The first-order chi connectivity index (χ1) is 9.95. The predicted molar refractivity (Wildman–Crippen MR) is 89.0 cm³/mol. The molecule has 2 rings (SSSR count). The second-order valence-electron chi connectivity index (χ2n) is 4.98. The van der Waals surface area contributed by atoms with Crippen LogP contribution in [-0.2, 0) is 6.54 Å². The Morgan fingerprint density at radius 3 is 2.52 bits per heavy atom. The number of hydrogen-bond acceptors (Lipinski definition) is 2. The van der Waals surface area contributed by atoms with Gasteiger partial charge in [0.15, 0.2) is 0 Å². The SMILES string of the molecule is CC(C)NCc1ccc(Sc2cc(Cl)ccc2Cl)c(F)c1. The van der Waals surface area contributed by atoms with Crippen molar-refractivity contribution in [2.45, 2.75) is 36.2 Å². The van der Waals surface area contributed by atoms with Gasteiger partial charge >= 0.3 is 0 Å². The van der Waals surface area contributed by atoms with Crippen LogP contribution in [0.15, 0.2) is 46.2 Å². The normalized spacial score (nSPS) is 11.1. The zero-order valence-electron chi connectivity index (χ0n) is 11.8. The van der Waals surface area contributed by atoms with Crippen LogP contribution in [0, 0.1) is 5.82 Å². The van der Waals surface area contributed by atoms with Crippen molar-refractivity contribution in [3.8, 4) is 0 Å². The molecule has 0 radical (unpaired) electrons. The lowest BCUT2D eigenvalue weighted by Gasteiger charge is -2.10. The molecule has 0 unspecified atom stereocenters. The molecule has 0 spiro atoms. The highest BCUT2D eigenvalue weighted by molar-refractivity contribution is 7.99. The van der Waals surface area contributed by atoms with Crippen LogP contribution in [-0.4, -0.2) is 6.04 Å². The maximum Gasteiger partial charge on any atom is 0.137 e. The summed E-state index contributed by atoms with van der Waals surface area (Å²) in [5.41, 5.74) is 0.919. The van der Waals surface area contributed by atoms with Crippen molar-refractivity contribution in [2.24, 2.45) is 0 Å². The van der Waals surface area contributed by atoms with Gasteiger partial charge in [-0.25, -0.2) is 4.39 Å². The van der Waals surface area contributed by atoms with Crippen molar-refractivity contribution in [1.82, 2.24) is 5.32 Å². The lowest BCUT2D eigenvalue weighted by atomic mass is 10.2. The quantitative estimate of drug-likeness (QED) is 0.738. The van der Waals surface area contributed by atoms with Gasteiger partial charge in [-0.2, -0.15) is 0 Å². The molecular formula is C16H16Cl2FNS. The smallest absolute Gasteiger partial charge is 0.137 e. The van der Waals surface area contributed by atoms with Crippen LogP contribution in [0.25, 0.3) is 0 Å². The van der Waals surface area contributed by atoms with Crippen LogP contribution in [0.4, 0.5) is 4.39 Å². The Morgan fingerprint density at radius 1 is 1.10 bits per heavy atom. The monoisotopic (exact) mass is 343 g/mol. The molecule has 0 aliphatic carbocycles. The standard InChI is InChI=1S/C16H16Cl2FNS/c1-10(2)20-9-11-3-6-15(14(19)7-11)21-16-8-12(17)4-5-13(16)18/h3-8,10,20H,9H2,1-2H3. The van der Waals surface area contributed by atoms with Gasteiger partial charge in [0.25, 0.3) is 0 Å². The van der Waals surface area contributed by atoms with Crippen LogP contribution in [0.2, 0.25) is 10.0 Å². The van der Waals surface area contributed by atoms with E-state index in [-0.39, 0.29) is 5.82 Å². The van der Waals surface area contributed by atoms with Crippen LogP contribution in [0.1, 0.15) is 19.4 Å². The number of benzene rings is 2. The second kappa shape index (κ2) is 7.50. The van der Waals surface area contributed by atoms with Gasteiger partial charge in [-0.3, -0.25) is 0 Å². The van der Waals surface area contributed by atoms with Crippen molar-refractivity contribution in [3.05, 3.63) is 57.8 Å². The first-order valence-corrected chi connectivity index (χ1v) is 8.17. The fraction of sp³-hybridized carbons (Fsp3) is 0.250. The van der Waals surface area contributed by atoms with Gasteiger partial charge in [0, 0.05) is 27.4 Å². The topological polar surface area (TPSA) is 12.0 Å². The molecule has 112 valence electrons. The molecule has 2 aromatic rings. The van der Waals surface area contributed by atoms with Crippen molar-refractivity contribution in [2.75, 3.05) is 0 Å². The molecule has 0 heterocycles. The van der Waals surface area contributed by atoms with Crippen LogP contribution < -0.4 is 5.32 Å². The van der Waals surface area contributed by atoms with E-state index in [9.17, 15) is 4.39 Å². The summed E-state index contributed by atoms with van der Waals surface area (Å²) in [5.74, 6) is -0.251. The molecule has 0 saturated heterocycles. The van der Waals surface area contributed by atoms with E-state index in [4.69, 9.17) is 23.2 Å². The lowest BCUT2D eigenvalue weighted by molar-refractivity contribution is 0.574. The number of rotatable bonds is 5. The summed E-state index contributed by atoms with van der Waals surface area (Å²) in [5, 5.41) is 4.41. The Balaban J connectivity index is 2.15. The molecule has 21 heavy (non-hydrogen) atoms. The summed E-state index contributed by atoms with van der Waals surface area (Å²) in [6.45, 7) is 4.76. The Kier molecular flexibility index (Phi) is 5.94. The average Bonchev–Trinajstić information content (AvgIpc) is 2.43. The maximum absolute atomic E-state index is 14.2. The molecular weight excluding hydrogens is 328 g/mol. The molecule has 0 atom stereocenters. The first-order valence-electron chi connectivity index (χ1n) is 6.60. The summed E-state index contributed by atoms with van der Waals surface area (Å²) >= 11 is 13.3. The van der Waals surface area contributed by atoms with Crippen molar-refractivity contribution in [1.29, 1.82) is 0 Å². The summed E-state index contributed by atoms with van der Waals surface area (Å²) < 4.78 is 14.2. The summed E-state index contributed by atoms with van der Waals surface area (Å²) in [4.78, 5) is 1.28. The van der Waals surface area contributed by atoms with Gasteiger partial charge in [-0.1, -0.05) is 54.9 Å². The lowest BCUT2D eigenvalue weighted by Crippen LogP contribution is -2.21. The van der Waals surface area contributed by atoms with Crippen molar-refractivity contribution < 1.29 is 4.39 Å². The van der Waals surface area contributed by atoms with Gasteiger partial charge < -0.3 is 5.32 Å². The van der Waals surface area contributed by atoms with Crippen LogP contribution in [0.5, 0.6) is 0 Å². The van der Waals surface area contributed by atoms with Gasteiger partial charge in [-0.05, 0) is 35.9 Å². The minimum absolute atomic E-state index is 0.251. The molecule has 1 nitrogen and oxygen atoms in total. The first kappa shape index (κ1) is 16.6. The number of hydrogen-bond donors (Lipinski definition) is 1. The molecule has 0 aromatic heterocycles. The second-order valence-corrected chi connectivity index (χ2v) is 6.90. The molecule has 0 saturated carbocycles. The number of nitrogens with one attached hydrogen (secondary N) is 1. The van der Waals surface area contributed by atoms with E-state index in [0.717, 1.165) is 10.5 Å². The Morgan fingerprint density at radius 2 is 1.86 bits per heavy atom. The molecule has 2 aromatic carbocycles. The van der Waals surface area contributed by atoms with E-state index in [2.05, 4.69) is 19.2 Å². The fourth-order valence-corrected chi connectivity index (χ4v) is 3.08. The highest BCUT2D eigenvalue weighted by Gasteiger charge is 2.09. The largest absolute Gasteiger partial charge is 0.310 e. The Labute approximate surface area is 138 Å². The van der Waals surface area contributed by atoms with Crippen molar-refractivity contribution in [3.63, 3.8) is 0 Å².